The predicted molar refractivity (Wildman–Crippen MR) is 110 cm³/mol. The van der Waals surface area contributed by atoms with Crippen LogP contribution < -0.4 is 10.3 Å². The average Bonchev–Trinajstić information content (AvgIpc) is 3.12. The van der Waals surface area contributed by atoms with E-state index in [1.54, 1.807) is 24.9 Å². The second-order valence-electron chi connectivity index (χ2n) is 6.02. The Morgan fingerprint density at radius 1 is 1.15 bits per heavy atom. The second-order valence-corrected chi connectivity index (χ2v) is 8.03. The van der Waals surface area contributed by atoms with Gasteiger partial charge in [0.05, 0.1) is 12.8 Å². The summed E-state index contributed by atoms with van der Waals surface area (Å²) in [6, 6.07) is 17.5. The zero-order valence-corrected chi connectivity index (χ0v) is 16.5. The van der Waals surface area contributed by atoms with Crippen LogP contribution in [0.25, 0.3) is 15.5 Å². The van der Waals surface area contributed by atoms with Gasteiger partial charge in [-0.05, 0) is 37.3 Å². The fraction of sp³-hybridized carbons (Fsp3) is 0.150. The first-order valence-corrected chi connectivity index (χ1v) is 10.2. The molecule has 0 aliphatic rings. The van der Waals surface area contributed by atoms with Crippen LogP contribution in [0.5, 0.6) is 5.75 Å². The molecule has 0 radical (unpaired) electrons. The molecule has 2 heterocycles. The topological polar surface area (TPSA) is 56.5 Å². The third-order valence-corrected chi connectivity index (χ3v) is 6.01. The molecule has 0 fully saturated rings. The quantitative estimate of drug-likeness (QED) is 0.468. The van der Waals surface area contributed by atoms with E-state index in [0.717, 1.165) is 32.5 Å². The van der Waals surface area contributed by atoms with Crippen molar-refractivity contribution >= 4 is 28.1 Å². The van der Waals surface area contributed by atoms with E-state index in [1.165, 1.54) is 15.9 Å². The fourth-order valence-corrected chi connectivity index (χ4v) is 4.37. The third kappa shape index (κ3) is 3.89. The van der Waals surface area contributed by atoms with Crippen LogP contribution >= 0.6 is 23.1 Å². The van der Waals surface area contributed by atoms with Gasteiger partial charge in [-0.25, -0.2) is 4.98 Å². The van der Waals surface area contributed by atoms with Crippen molar-refractivity contribution in [2.45, 2.75) is 17.6 Å². The van der Waals surface area contributed by atoms with Crippen molar-refractivity contribution in [3.05, 3.63) is 76.2 Å². The van der Waals surface area contributed by atoms with Gasteiger partial charge in [-0.1, -0.05) is 35.1 Å². The lowest BCUT2D eigenvalue weighted by Crippen LogP contribution is -2.15. The Labute approximate surface area is 164 Å². The molecule has 0 bridgehead atoms. The van der Waals surface area contributed by atoms with E-state index < -0.39 is 0 Å². The highest BCUT2D eigenvalue weighted by Crippen LogP contribution is 2.27. The van der Waals surface area contributed by atoms with E-state index in [0.29, 0.717) is 10.7 Å². The normalized spacial score (nSPS) is 11.0. The number of fused-ring (bicyclic) bond motifs is 1. The van der Waals surface area contributed by atoms with Crippen molar-refractivity contribution < 1.29 is 4.74 Å². The number of aryl methyl sites for hydroxylation is 1. The number of aromatic nitrogens is 3. The van der Waals surface area contributed by atoms with Crippen molar-refractivity contribution in [3.8, 4) is 16.3 Å². The minimum Gasteiger partial charge on any atom is -0.497 e. The molecule has 0 aliphatic heterocycles. The summed E-state index contributed by atoms with van der Waals surface area (Å²) >= 11 is 3.06. The molecule has 0 saturated carbocycles. The van der Waals surface area contributed by atoms with Gasteiger partial charge in [-0.15, -0.1) is 11.8 Å². The smallest absolute Gasteiger partial charge is 0.275 e. The lowest BCUT2D eigenvalue weighted by Gasteiger charge is -2.03. The van der Waals surface area contributed by atoms with Crippen molar-refractivity contribution in [2.75, 3.05) is 7.11 Å². The first-order valence-electron chi connectivity index (χ1n) is 8.36. The molecule has 4 aromatic rings. The Kier molecular flexibility index (Phi) is 4.96. The molecular weight excluding hydrogens is 378 g/mol. The third-order valence-electron chi connectivity index (χ3n) is 4.01. The molecule has 0 spiro atoms. The van der Waals surface area contributed by atoms with Crippen molar-refractivity contribution in [1.29, 1.82) is 0 Å². The highest BCUT2D eigenvalue weighted by atomic mass is 32.2. The van der Waals surface area contributed by atoms with Crippen LogP contribution in [0, 0.1) is 6.92 Å². The standard InChI is InChI=1S/C20H17N3O2S2/c1-13-4-3-5-14(10-13)19-22-23-18(24)11-15(21-20(23)27-19)12-26-17-8-6-16(25-2)7-9-17/h3-11H,12H2,1-2H3. The molecule has 0 unspecified atom stereocenters. The molecule has 0 N–H and O–H groups in total. The van der Waals surface area contributed by atoms with Crippen molar-refractivity contribution in [2.24, 2.45) is 0 Å². The minimum atomic E-state index is -0.152. The number of hydrogen-bond donors (Lipinski definition) is 0. The molecule has 0 atom stereocenters. The summed E-state index contributed by atoms with van der Waals surface area (Å²) in [5, 5.41) is 5.24. The number of benzene rings is 2. The Morgan fingerprint density at radius 3 is 2.70 bits per heavy atom. The first-order chi connectivity index (χ1) is 13.1. The van der Waals surface area contributed by atoms with Crippen LogP contribution in [0.4, 0.5) is 0 Å². The van der Waals surface area contributed by atoms with Crippen LogP contribution in [0.1, 0.15) is 11.3 Å². The van der Waals surface area contributed by atoms with Gasteiger partial charge in [0.1, 0.15) is 10.8 Å². The molecular formula is C20H17N3O2S2. The lowest BCUT2D eigenvalue weighted by atomic mass is 10.1. The van der Waals surface area contributed by atoms with Crippen molar-refractivity contribution in [3.63, 3.8) is 0 Å². The zero-order valence-electron chi connectivity index (χ0n) is 14.9. The fourth-order valence-electron chi connectivity index (χ4n) is 2.65. The van der Waals surface area contributed by atoms with Gasteiger partial charge in [0.25, 0.3) is 5.56 Å². The highest BCUT2D eigenvalue weighted by Gasteiger charge is 2.11. The maximum atomic E-state index is 12.4. The van der Waals surface area contributed by atoms with Crippen LogP contribution in [0.3, 0.4) is 0 Å². The summed E-state index contributed by atoms with van der Waals surface area (Å²) < 4.78 is 6.55. The summed E-state index contributed by atoms with van der Waals surface area (Å²) in [7, 11) is 1.65. The molecule has 4 rings (SSSR count). The number of hydrogen-bond acceptors (Lipinski definition) is 6. The Bertz CT molecular complexity index is 1150. The highest BCUT2D eigenvalue weighted by molar-refractivity contribution is 7.98. The second kappa shape index (κ2) is 7.54. The van der Waals surface area contributed by atoms with Gasteiger partial charge in [-0.2, -0.15) is 9.61 Å². The average molecular weight is 396 g/mol. The Hall–Kier alpha value is -2.64. The molecule has 0 aliphatic carbocycles. The van der Waals surface area contributed by atoms with Crippen LogP contribution in [0.2, 0.25) is 0 Å². The van der Waals surface area contributed by atoms with E-state index in [2.05, 4.69) is 16.1 Å². The lowest BCUT2D eigenvalue weighted by molar-refractivity contribution is 0.414. The van der Waals surface area contributed by atoms with E-state index in [-0.39, 0.29) is 5.56 Å². The van der Waals surface area contributed by atoms with Gasteiger partial charge >= 0.3 is 0 Å². The van der Waals surface area contributed by atoms with Gasteiger partial charge < -0.3 is 4.74 Å². The SMILES string of the molecule is COc1ccc(SCc2cc(=O)n3nc(-c4cccc(C)c4)sc3n2)cc1. The molecule has 27 heavy (non-hydrogen) atoms. The molecule has 5 nitrogen and oxygen atoms in total. The number of thioether (sulfide) groups is 1. The van der Waals surface area contributed by atoms with E-state index in [4.69, 9.17) is 4.74 Å². The summed E-state index contributed by atoms with van der Waals surface area (Å²) in [5.41, 5.74) is 2.75. The van der Waals surface area contributed by atoms with E-state index in [9.17, 15) is 4.79 Å². The maximum Gasteiger partial charge on any atom is 0.275 e. The molecule has 0 saturated heterocycles. The van der Waals surface area contributed by atoms with Crippen LogP contribution in [-0.4, -0.2) is 21.7 Å². The Morgan fingerprint density at radius 2 is 1.96 bits per heavy atom. The largest absolute Gasteiger partial charge is 0.497 e. The van der Waals surface area contributed by atoms with E-state index in [1.807, 2.05) is 49.4 Å². The predicted octanol–water partition coefficient (Wildman–Crippen LogP) is 4.43. The maximum absolute atomic E-state index is 12.4. The summed E-state index contributed by atoms with van der Waals surface area (Å²) in [6.45, 7) is 2.04. The molecule has 7 heteroatoms. The zero-order chi connectivity index (χ0) is 18.8. The van der Waals surface area contributed by atoms with Gasteiger partial charge in [0, 0.05) is 22.3 Å². The van der Waals surface area contributed by atoms with Crippen LogP contribution in [-0.2, 0) is 5.75 Å². The molecule has 2 aromatic carbocycles. The first kappa shape index (κ1) is 17.8. The van der Waals surface area contributed by atoms with E-state index >= 15 is 0 Å². The molecule has 0 amide bonds. The molecule has 136 valence electrons. The van der Waals surface area contributed by atoms with Crippen molar-refractivity contribution in [1.82, 2.24) is 14.6 Å². The van der Waals surface area contributed by atoms with Gasteiger partial charge in [-0.3, -0.25) is 4.79 Å². The monoisotopic (exact) mass is 395 g/mol. The Balaban J connectivity index is 1.60. The molecule has 2 aromatic heterocycles. The van der Waals surface area contributed by atoms with Crippen LogP contribution in [0.15, 0.2) is 64.3 Å². The summed E-state index contributed by atoms with van der Waals surface area (Å²) in [4.78, 5) is 18.8. The van der Waals surface area contributed by atoms with Gasteiger partial charge in [0.2, 0.25) is 4.96 Å². The summed E-state index contributed by atoms with van der Waals surface area (Å²) in [6.07, 6.45) is 0. The summed E-state index contributed by atoms with van der Waals surface area (Å²) in [5.74, 6) is 1.45. The number of rotatable bonds is 5. The number of nitrogens with zero attached hydrogens (tertiary/aromatic N) is 3. The number of ether oxygens (including phenoxy) is 1. The van der Waals surface area contributed by atoms with Gasteiger partial charge in [0.15, 0.2) is 0 Å². The minimum absolute atomic E-state index is 0.152. The number of methoxy groups -OCH3 is 1.